The fourth-order valence-corrected chi connectivity index (χ4v) is 3.65. The molecule has 2 aromatic rings. The van der Waals surface area contributed by atoms with Crippen LogP contribution in [0.4, 0.5) is 11.6 Å². The number of thiazole rings is 1. The number of aromatic nitrogens is 3. The summed E-state index contributed by atoms with van der Waals surface area (Å²) in [7, 11) is 0. The Morgan fingerprint density at radius 1 is 1.43 bits per heavy atom. The average molecular weight is 333 g/mol. The summed E-state index contributed by atoms with van der Waals surface area (Å²) < 4.78 is 0. The van der Waals surface area contributed by atoms with E-state index in [-0.39, 0.29) is 12.6 Å². The molecule has 1 aliphatic rings. The summed E-state index contributed by atoms with van der Waals surface area (Å²) >= 11 is 1.72. The molecule has 3 heterocycles. The van der Waals surface area contributed by atoms with Gasteiger partial charge in [-0.2, -0.15) is 0 Å². The lowest BCUT2D eigenvalue weighted by Gasteiger charge is -2.24. The highest BCUT2D eigenvalue weighted by Crippen LogP contribution is 2.24. The minimum atomic E-state index is 0.177. The van der Waals surface area contributed by atoms with Gasteiger partial charge in [0.2, 0.25) is 0 Å². The van der Waals surface area contributed by atoms with Crippen molar-refractivity contribution >= 4 is 23.0 Å². The number of hydrogen-bond acceptors (Lipinski definition) is 7. The van der Waals surface area contributed by atoms with Crippen LogP contribution in [0.15, 0.2) is 17.8 Å². The number of aryl methyl sites for hydroxylation is 1. The van der Waals surface area contributed by atoms with Crippen LogP contribution in [0.2, 0.25) is 0 Å². The van der Waals surface area contributed by atoms with E-state index < -0.39 is 0 Å². The average Bonchev–Trinajstić information content (AvgIpc) is 3.24. The second-order valence-electron chi connectivity index (χ2n) is 5.70. The highest BCUT2D eigenvalue weighted by Gasteiger charge is 2.25. The Morgan fingerprint density at radius 2 is 2.35 bits per heavy atom. The van der Waals surface area contributed by atoms with Gasteiger partial charge in [-0.15, -0.1) is 11.3 Å². The van der Waals surface area contributed by atoms with Gasteiger partial charge in [-0.25, -0.2) is 15.0 Å². The van der Waals surface area contributed by atoms with Crippen LogP contribution in [0.1, 0.15) is 30.5 Å². The van der Waals surface area contributed by atoms with Gasteiger partial charge in [0, 0.05) is 31.0 Å². The van der Waals surface area contributed by atoms with E-state index in [0.29, 0.717) is 0 Å². The number of nitrogens with zero attached hydrogens (tertiary/aromatic N) is 4. The van der Waals surface area contributed by atoms with Crippen molar-refractivity contribution in [1.82, 2.24) is 15.0 Å². The quantitative estimate of drug-likeness (QED) is 0.808. The summed E-state index contributed by atoms with van der Waals surface area (Å²) in [5.74, 6) is 1.71. The lowest BCUT2D eigenvalue weighted by Crippen LogP contribution is -2.32. The van der Waals surface area contributed by atoms with Crippen molar-refractivity contribution in [2.45, 2.75) is 38.6 Å². The maximum Gasteiger partial charge on any atom is 0.134 e. The topological polar surface area (TPSA) is 74.2 Å². The summed E-state index contributed by atoms with van der Waals surface area (Å²) in [6.45, 7) is 4.05. The Morgan fingerprint density at radius 3 is 3.13 bits per heavy atom. The third-order valence-corrected chi connectivity index (χ3v) is 5.17. The molecule has 124 valence electrons. The first-order valence-corrected chi connectivity index (χ1v) is 9.04. The Bertz CT molecular complexity index is 632. The molecule has 23 heavy (non-hydrogen) atoms. The molecule has 1 fully saturated rings. The van der Waals surface area contributed by atoms with E-state index in [2.05, 4.69) is 37.5 Å². The van der Waals surface area contributed by atoms with Crippen LogP contribution in [-0.4, -0.2) is 45.8 Å². The molecule has 0 aliphatic carbocycles. The number of aliphatic hydroxyl groups is 1. The van der Waals surface area contributed by atoms with Crippen molar-refractivity contribution in [3.63, 3.8) is 0 Å². The van der Waals surface area contributed by atoms with Gasteiger partial charge in [-0.05, 0) is 19.3 Å². The normalized spacial score (nSPS) is 17.7. The van der Waals surface area contributed by atoms with Gasteiger partial charge in [0.05, 0.1) is 23.4 Å². The van der Waals surface area contributed by atoms with Crippen molar-refractivity contribution in [2.24, 2.45) is 0 Å². The minimum Gasteiger partial charge on any atom is -0.394 e. The second-order valence-corrected chi connectivity index (χ2v) is 6.64. The summed E-state index contributed by atoms with van der Waals surface area (Å²) in [6, 6.07) is 2.15. The fraction of sp³-hybridized carbons (Fsp3) is 0.562. The number of hydrogen-bond donors (Lipinski definition) is 2. The standard InChI is InChI=1S/C16H23N5OS/c1-2-16-20-12(10-23-16)5-6-17-14-8-15(19-11-18-14)21-7-3-4-13(21)9-22/h8,10-11,13,22H,2-7,9H2,1H3,(H,17,18,19). The first-order valence-electron chi connectivity index (χ1n) is 8.17. The highest BCUT2D eigenvalue weighted by molar-refractivity contribution is 7.09. The van der Waals surface area contributed by atoms with E-state index in [4.69, 9.17) is 0 Å². The first-order chi connectivity index (χ1) is 11.3. The van der Waals surface area contributed by atoms with Crippen molar-refractivity contribution in [1.29, 1.82) is 0 Å². The predicted molar refractivity (Wildman–Crippen MR) is 93.2 cm³/mol. The van der Waals surface area contributed by atoms with Crippen LogP contribution in [0.3, 0.4) is 0 Å². The fourth-order valence-electron chi connectivity index (χ4n) is 2.87. The van der Waals surface area contributed by atoms with Crippen molar-refractivity contribution in [2.75, 3.05) is 29.9 Å². The molecule has 1 aliphatic heterocycles. The third kappa shape index (κ3) is 3.97. The van der Waals surface area contributed by atoms with E-state index in [1.54, 1.807) is 17.7 Å². The molecular weight excluding hydrogens is 310 g/mol. The smallest absolute Gasteiger partial charge is 0.134 e. The van der Waals surface area contributed by atoms with E-state index in [9.17, 15) is 5.11 Å². The lowest BCUT2D eigenvalue weighted by molar-refractivity contribution is 0.266. The van der Waals surface area contributed by atoms with Gasteiger partial charge in [0.15, 0.2) is 0 Å². The Labute approximate surface area is 140 Å². The van der Waals surface area contributed by atoms with E-state index >= 15 is 0 Å². The maximum atomic E-state index is 9.45. The second kappa shape index (κ2) is 7.70. The maximum absolute atomic E-state index is 9.45. The largest absolute Gasteiger partial charge is 0.394 e. The van der Waals surface area contributed by atoms with Crippen LogP contribution >= 0.6 is 11.3 Å². The van der Waals surface area contributed by atoms with Gasteiger partial charge in [0.25, 0.3) is 0 Å². The van der Waals surface area contributed by atoms with E-state index in [0.717, 1.165) is 56.1 Å². The molecule has 0 aromatic carbocycles. The van der Waals surface area contributed by atoms with E-state index in [1.807, 2.05) is 6.07 Å². The number of nitrogens with one attached hydrogen (secondary N) is 1. The zero-order valence-electron chi connectivity index (χ0n) is 13.4. The zero-order chi connectivity index (χ0) is 16.1. The Kier molecular flexibility index (Phi) is 5.40. The molecule has 2 aromatic heterocycles. The molecule has 3 rings (SSSR count). The highest BCUT2D eigenvalue weighted by atomic mass is 32.1. The molecule has 1 atom stereocenters. The molecule has 0 radical (unpaired) electrons. The molecule has 0 spiro atoms. The molecule has 0 bridgehead atoms. The molecule has 2 N–H and O–H groups in total. The number of aliphatic hydroxyl groups excluding tert-OH is 1. The Hall–Kier alpha value is -1.73. The molecular formula is C16H23N5OS. The minimum absolute atomic E-state index is 0.177. The number of anilines is 2. The summed E-state index contributed by atoms with van der Waals surface area (Å²) in [6.07, 6.45) is 5.59. The van der Waals surface area contributed by atoms with Crippen molar-refractivity contribution in [3.05, 3.63) is 28.5 Å². The molecule has 1 saturated heterocycles. The van der Waals surface area contributed by atoms with Crippen LogP contribution in [0.5, 0.6) is 0 Å². The van der Waals surface area contributed by atoms with Gasteiger partial charge in [0.1, 0.15) is 18.0 Å². The van der Waals surface area contributed by atoms with Gasteiger partial charge < -0.3 is 15.3 Å². The monoisotopic (exact) mass is 333 g/mol. The zero-order valence-corrected chi connectivity index (χ0v) is 14.2. The van der Waals surface area contributed by atoms with Crippen LogP contribution in [-0.2, 0) is 12.8 Å². The van der Waals surface area contributed by atoms with Gasteiger partial charge in [-0.3, -0.25) is 0 Å². The summed E-state index contributed by atoms with van der Waals surface area (Å²) in [5.41, 5.74) is 1.13. The molecule has 0 saturated carbocycles. The van der Waals surface area contributed by atoms with Gasteiger partial charge in [-0.1, -0.05) is 6.92 Å². The lowest BCUT2D eigenvalue weighted by atomic mass is 10.2. The molecule has 0 amide bonds. The van der Waals surface area contributed by atoms with Crippen molar-refractivity contribution in [3.8, 4) is 0 Å². The van der Waals surface area contributed by atoms with Crippen LogP contribution in [0.25, 0.3) is 0 Å². The Balaban J connectivity index is 1.57. The SMILES string of the molecule is CCc1nc(CCNc2cc(N3CCCC3CO)ncn2)cs1. The molecule has 6 nitrogen and oxygen atoms in total. The molecule has 1 unspecified atom stereocenters. The van der Waals surface area contributed by atoms with Crippen LogP contribution in [0, 0.1) is 0 Å². The third-order valence-electron chi connectivity index (χ3n) is 4.12. The predicted octanol–water partition coefficient (Wildman–Crippen LogP) is 2.11. The van der Waals surface area contributed by atoms with Crippen molar-refractivity contribution < 1.29 is 5.11 Å². The van der Waals surface area contributed by atoms with Crippen LogP contribution < -0.4 is 10.2 Å². The summed E-state index contributed by atoms with van der Waals surface area (Å²) in [4.78, 5) is 15.4. The number of rotatable bonds is 7. The van der Waals surface area contributed by atoms with Gasteiger partial charge >= 0.3 is 0 Å². The van der Waals surface area contributed by atoms with E-state index in [1.165, 1.54) is 5.01 Å². The summed E-state index contributed by atoms with van der Waals surface area (Å²) in [5, 5.41) is 16.1. The molecule has 7 heteroatoms. The first kappa shape index (κ1) is 16.1.